The molecule has 0 aliphatic heterocycles. The van der Waals surface area contributed by atoms with Crippen LogP contribution < -0.4 is 0 Å². The standard InChI is InChI=1S/C5H7FO/c1-2-3-5(7)4-6/h1,5,7H,3-4H2. The molecule has 0 aromatic heterocycles. The molecule has 0 heterocycles. The molecule has 1 atom stereocenters. The van der Waals surface area contributed by atoms with Crippen molar-refractivity contribution in [2.45, 2.75) is 12.5 Å². The van der Waals surface area contributed by atoms with E-state index in [4.69, 9.17) is 11.5 Å². The van der Waals surface area contributed by atoms with Crippen LogP contribution in [-0.2, 0) is 0 Å². The van der Waals surface area contributed by atoms with E-state index >= 15 is 0 Å². The molecule has 0 radical (unpaired) electrons. The van der Waals surface area contributed by atoms with Crippen molar-refractivity contribution in [2.75, 3.05) is 6.67 Å². The number of aliphatic hydroxyl groups excluding tert-OH is 1. The van der Waals surface area contributed by atoms with Crippen molar-refractivity contribution in [1.82, 2.24) is 0 Å². The van der Waals surface area contributed by atoms with Crippen molar-refractivity contribution in [1.29, 1.82) is 0 Å². The Kier molecular flexibility index (Phi) is 3.35. The Labute approximate surface area is 42.2 Å². The Morgan fingerprint density at radius 2 is 2.43 bits per heavy atom. The van der Waals surface area contributed by atoms with Gasteiger partial charge in [-0.15, -0.1) is 12.3 Å². The van der Waals surface area contributed by atoms with Gasteiger partial charge in [-0.2, -0.15) is 0 Å². The molecular formula is C5H7FO. The lowest BCUT2D eigenvalue weighted by Crippen LogP contribution is -2.06. The van der Waals surface area contributed by atoms with Crippen LogP contribution in [0.15, 0.2) is 0 Å². The van der Waals surface area contributed by atoms with Gasteiger partial charge in [0, 0.05) is 6.42 Å². The molecule has 1 N–H and O–H groups in total. The molecule has 7 heavy (non-hydrogen) atoms. The quantitative estimate of drug-likeness (QED) is 0.498. The van der Waals surface area contributed by atoms with Crippen molar-refractivity contribution >= 4 is 0 Å². The van der Waals surface area contributed by atoms with E-state index in [1.165, 1.54) is 0 Å². The van der Waals surface area contributed by atoms with Crippen LogP contribution in [0.3, 0.4) is 0 Å². The summed E-state index contributed by atoms with van der Waals surface area (Å²) in [6.07, 6.45) is 3.88. The van der Waals surface area contributed by atoms with Gasteiger partial charge in [-0.3, -0.25) is 0 Å². The van der Waals surface area contributed by atoms with Crippen LogP contribution in [-0.4, -0.2) is 17.9 Å². The highest BCUT2D eigenvalue weighted by atomic mass is 19.1. The largest absolute Gasteiger partial charge is 0.389 e. The van der Waals surface area contributed by atoms with Gasteiger partial charge in [0.05, 0.1) is 6.10 Å². The lowest BCUT2D eigenvalue weighted by Gasteiger charge is -1.95. The number of aliphatic hydroxyl groups is 1. The van der Waals surface area contributed by atoms with Crippen LogP contribution in [0.1, 0.15) is 6.42 Å². The number of halogens is 1. The number of hydrogen-bond donors (Lipinski definition) is 1. The minimum atomic E-state index is -0.954. The van der Waals surface area contributed by atoms with E-state index in [1.54, 1.807) is 0 Å². The molecule has 1 unspecified atom stereocenters. The summed E-state index contributed by atoms with van der Waals surface area (Å²) in [5.74, 6) is 2.13. The Morgan fingerprint density at radius 1 is 1.86 bits per heavy atom. The first kappa shape index (κ1) is 6.45. The maximum atomic E-state index is 11.2. The zero-order valence-corrected chi connectivity index (χ0v) is 3.89. The fourth-order valence-electron chi connectivity index (χ4n) is 0.191. The SMILES string of the molecule is C#CCC(O)CF. The van der Waals surface area contributed by atoms with Gasteiger partial charge >= 0.3 is 0 Å². The Hall–Kier alpha value is -0.550. The van der Waals surface area contributed by atoms with E-state index in [9.17, 15) is 4.39 Å². The maximum absolute atomic E-state index is 11.2. The summed E-state index contributed by atoms with van der Waals surface area (Å²) in [5, 5.41) is 8.34. The first-order valence-electron chi connectivity index (χ1n) is 1.98. The lowest BCUT2D eigenvalue weighted by atomic mass is 10.3. The number of hydrogen-bond acceptors (Lipinski definition) is 1. The molecule has 0 fully saturated rings. The van der Waals surface area contributed by atoms with E-state index in [-0.39, 0.29) is 6.42 Å². The van der Waals surface area contributed by atoms with Gasteiger partial charge in [0.25, 0.3) is 0 Å². The second-order valence-corrected chi connectivity index (χ2v) is 1.22. The smallest absolute Gasteiger partial charge is 0.116 e. The van der Waals surface area contributed by atoms with Crippen LogP contribution in [0.2, 0.25) is 0 Å². The Balaban J connectivity index is 3.03. The number of alkyl halides is 1. The fraction of sp³-hybridized carbons (Fsp3) is 0.600. The number of rotatable bonds is 2. The van der Waals surface area contributed by atoms with Crippen molar-refractivity contribution in [2.24, 2.45) is 0 Å². The summed E-state index contributed by atoms with van der Waals surface area (Å²) < 4.78 is 11.2. The van der Waals surface area contributed by atoms with Crippen LogP contribution >= 0.6 is 0 Å². The van der Waals surface area contributed by atoms with Crippen LogP contribution in [0, 0.1) is 12.3 Å². The zero-order valence-electron chi connectivity index (χ0n) is 3.89. The molecule has 0 spiro atoms. The summed E-state index contributed by atoms with van der Waals surface area (Å²) in [4.78, 5) is 0. The van der Waals surface area contributed by atoms with Gasteiger partial charge in [-0.1, -0.05) is 0 Å². The average Bonchev–Trinajstić information content (AvgIpc) is 1.68. The van der Waals surface area contributed by atoms with Crippen LogP contribution in [0.4, 0.5) is 4.39 Å². The van der Waals surface area contributed by atoms with Crippen molar-refractivity contribution in [3.05, 3.63) is 0 Å². The summed E-state index contributed by atoms with van der Waals surface area (Å²) >= 11 is 0. The molecule has 40 valence electrons. The molecule has 0 aromatic carbocycles. The fourth-order valence-corrected chi connectivity index (χ4v) is 0.191. The minimum absolute atomic E-state index is 0.108. The first-order chi connectivity index (χ1) is 3.31. The molecule has 0 aliphatic rings. The summed E-state index contributed by atoms with van der Waals surface area (Å²) in [6, 6.07) is 0. The third kappa shape index (κ3) is 3.28. The molecule has 0 saturated carbocycles. The Bertz CT molecular complexity index is 74.6. The molecule has 0 rings (SSSR count). The van der Waals surface area contributed by atoms with Gasteiger partial charge in [-0.25, -0.2) is 4.39 Å². The van der Waals surface area contributed by atoms with E-state index < -0.39 is 12.8 Å². The number of terminal acetylenes is 1. The van der Waals surface area contributed by atoms with Gasteiger partial charge in [0.1, 0.15) is 6.67 Å². The van der Waals surface area contributed by atoms with Crippen molar-refractivity contribution in [3.63, 3.8) is 0 Å². The molecule has 0 aromatic rings. The monoisotopic (exact) mass is 102 g/mol. The van der Waals surface area contributed by atoms with Crippen molar-refractivity contribution in [3.8, 4) is 12.3 Å². The van der Waals surface area contributed by atoms with Crippen LogP contribution in [0.5, 0.6) is 0 Å². The third-order valence-corrected chi connectivity index (χ3v) is 0.532. The minimum Gasteiger partial charge on any atom is -0.389 e. The molecule has 1 nitrogen and oxygen atoms in total. The van der Waals surface area contributed by atoms with E-state index in [0.717, 1.165) is 0 Å². The normalized spacial score (nSPS) is 12.7. The van der Waals surface area contributed by atoms with E-state index in [2.05, 4.69) is 5.92 Å². The molecule has 0 amide bonds. The predicted octanol–water partition coefficient (Wildman–Crippen LogP) is 0.340. The van der Waals surface area contributed by atoms with Gasteiger partial charge < -0.3 is 5.11 Å². The zero-order chi connectivity index (χ0) is 5.70. The average molecular weight is 102 g/mol. The van der Waals surface area contributed by atoms with Crippen molar-refractivity contribution < 1.29 is 9.50 Å². The molecule has 2 heteroatoms. The lowest BCUT2D eigenvalue weighted by molar-refractivity contribution is 0.145. The molecule has 0 aliphatic carbocycles. The first-order valence-corrected chi connectivity index (χ1v) is 1.98. The van der Waals surface area contributed by atoms with Crippen LogP contribution in [0.25, 0.3) is 0 Å². The predicted molar refractivity (Wildman–Crippen MR) is 25.4 cm³/mol. The summed E-state index contributed by atoms with van der Waals surface area (Å²) in [5.41, 5.74) is 0. The molecule has 0 bridgehead atoms. The second-order valence-electron chi connectivity index (χ2n) is 1.22. The van der Waals surface area contributed by atoms with Gasteiger partial charge in [-0.05, 0) is 0 Å². The topological polar surface area (TPSA) is 20.2 Å². The maximum Gasteiger partial charge on any atom is 0.116 e. The Morgan fingerprint density at radius 3 is 2.57 bits per heavy atom. The molecular weight excluding hydrogens is 95.1 g/mol. The highest BCUT2D eigenvalue weighted by molar-refractivity contribution is 4.86. The molecule has 0 saturated heterocycles. The second kappa shape index (κ2) is 3.63. The highest BCUT2D eigenvalue weighted by Gasteiger charge is 1.96. The van der Waals surface area contributed by atoms with Gasteiger partial charge in [0.15, 0.2) is 0 Å². The van der Waals surface area contributed by atoms with Gasteiger partial charge in [0.2, 0.25) is 0 Å². The highest BCUT2D eigenvalue weighted by Crippen LogP contribution is 1.87. The third-order valence-electron chi connectivity index (χ3n) is 0.532. The summed E-state index contributed by atoms with van der Waals surface area (Å²) in [7, 11) is 0. The van der Waals surface area contributed by atoms with E-state index in [1.807, 2.05) is 0 Å². The summed E-state index contributed by atoms with van der Waals surface area (Å²) in [6.45, 7) is -0.746. The van der Waals surface area contributed by atoms with E-state index in [0.29, 0.717) is 0 Å².